The molecule has 1 N–H and O–H groups in total. The fourth-order valence-electron chi connectivity index (χ4n) is 7.19. The van der Waals surface area contributed by atoms with E-state index in [0.29, 0.717) is 99.6 Å². The van der Waals surface area contributed by atoms with Crippen LogP contribution >= 0.6 is 0 Å². The molecule has 2 saturated heterocycles. The van der Waals surface area contributed by atoms with Crippen molar-refractivity contribution in [2.24, 2.45) is 7.05 Å². The molecule has 302 valence electrons. The van der Waals surface area contributed by atoms with E-state index in [9.17, 15) is 31.7 Å². The number of anilines is 4. The van der Waals surface area contributed by atoms with E-state index in [4.69, 9.17) is 14.5 Å². The highest BCUT2D eigenvalue weighted by Gasteiger charge is 2.33. The third-order valence-electron chi connectivity index (χ3n) is 10.2. The van der Waals surface area contributed by atoms with Gasteiger partial charge in [0.1, 0.15) is 23.8 Å². The number of fused-ring (bicyclic) bond motifs is 1. The van der Waals surface area contributed by atoms with Gasteiger partial charge in [-0.1, -0.05) is 4.98 Å². The minimum absolute atomic E-state index is 0.0791. The molecule has 4 aromatic rings. The second kappa shape index (κ2) is 16.2. The number of alkyl halides is 3. The van der Waals surface area contributed by atoms with Gasteiger partial charge in [-0.05, 0) is 36.7 Å². The molecule has 1 aliphatic carbocycles. The number of aromatic nitrogens is 6. The number of sulfonamides is 1. The first kappa shape index (κ1) is 39.2. The van der Waals surface area contributed by atoms with Crippen LogP contribution in [0.5, 0.6) is 5.88 Å². The zero-order valence-electron chi connectivity index (χ0n) is 30.9. The number of nitrogens with one attached hydrogen (secondary N) is 1. The Balaban J connectivity index is 1.04. The summed E-state index contributed by atoms with van der Waals surface area (Å²) in [6.45, 7) is 2.77. The Morgan fingerprint density at radius 1 is 0.964 bits per heavy atom. The summed E-state index contributed by atoms with van der Waals surface area (Å²) in [4.78, 5) is 38.6. The van der Waals surface area contributed by atoms with Gasteiger partial charge in [0.25, 0.3) is 0 Å². The molecule has 18 nitrogen and oxygen atoms in total. The van der Waals surface area contributed by atoms with E-state index in [1.165, 1.54) is 28.9 Å². The molecule has 3 fully saturated rings. The predicted octanol–water partition coefficient (Wildman–Crippen LogP) is 3.35. The Kier molecular flexibility index (Phi) is 11.3. The Hall–Kier alpha value is -5.09. The topological polar surface area (TPSA) is 190 Å². The molecule has 1 saturated carbocycles. The summed E-state index contributed by atoms with van der Waals surface area (Å²) in [5.74, 6) is 1.04. The number of pyridine rings is 2. The average molecular weight is 805 g/mol. The Labute approximate surface area is 320 Å². The molecule has 0 amide bonds. The minimum atomic E-state index is -4.21. The summed E-state index contributed by atoms with van der Waals surface area (Å²) >= 11 is 0. The van der Waals surface area contributed by atoms with Gasteiger partial charge >= 0.3 is 12.1 Å². The van der Waals surface area contributed by atoms with Crippen LogP contribution in [0.15, 0.2) is 36.9 Å². The van der Waals surface area contributed by atoms with Gasteiger partial charge in [0.15, 0.2) is 0 Å². The molecule has 6 heterocycles. The quantitative estimate of drug-likeness (QED) is 0.162. The minimum Gasteiger partial charge on any atom is -0.474 e. The molecule has 7 rings (SSSR count). The number of morpholine rings is 1. The summed E-state index contributed by atoms with van der Waals surface area (Å²) in [7, 11) is -2.43. The van der Waals surface area contributed by atoms with Crippen LogP contribution in [0.25, 0.3) is 10.9 Å². The van der Waals surface area contributed by atoms with Gasteiger partial charge in [0.2, 0.25) is 21.9 Å². The molecule has 0 atom stereocenters. The van der Waals surface area contributed by atoms with E-state index in [2.05, 4.69) is 30.2 Å². The van der Waals surface area contributed by atoms with E-state index in [0.717, 1.165) is 29.1 Å². The van der Waals surface area contributed by atoms with Crippen molar-refractivity contribution in [3.8, 4) is 5.88 Å². The van der Waals surface area contributed by atoms with Crippen molar-refractivity contribution in [1.82, 2.24) is 34.4 Å². The van der Waals surface area contributed by atoms with Crippen LogP contribution in [0.3, 0.4) is 0 Å². The van der Waals surface area contributed by atoms with Crippen LogP contribution in [0, 0.1) is 10.1 Å². The first-order valence-electron chi connectivity index (χ1n) is 18.3. The van der Waals surface area contributed by atoms with Crippen LogP contribution in [-0.4, -0.2) is 131 Å². The summed E-state index contributed by atoms with van der Waals surface area (Å²) in [5.41, 5.74) is 1.87. The van der Waals surface area contributed by atoms with Crippen molar-refractivity contribution in [2.75, 3.05) is 84.7 Å². The Morgan fingerprint density at radius 3 is 2.29 bits per heavy atom. The van der Waals surface area contributed by atoms with E-state index in [1.807, 2.05) is 11.0 Å². The Bertz CT molecular complexity index is 2120. The number of hydrogen-bond acceptors (Lipinski definition) is 15. The fraction of sp³-hybridized carbons (Fsp3) is 0.559. The van der Waals surface area contributed by atoms with Crippen molar-refractivity contribution >= 4 is 50.0 Å². The van der Waals surface area contributed by atoms with Gasteiger partial charge in [0.05, 0.1) is 80.5 Å². The second-order valence-corrected chi connectivity index (χ2v) is 16.1. The lowest BCUT2D eigenvalue weighted by molar-refractivity contribution is -0.396. The number of halogens is 3. The number of ether oxygens (including phenoxy) is 2. The van der Waals surface area contributed by atoms with Crippen molar-refractivity contribution in [3.63, 3.8) is 0 Å². The van der Waals surface area contributed by atoms with Gasteiger partial charge in [-0.3, -0.25) is 14.2 Å². The maximum absolute atomic E-state index is 13.1. The third kappa shape index (κ3) is 9.29. The Morgan fingerprint density at radius 2 is 1.66 bits per heavy atom. The average Bonchev–Trinajstić information content (AvgIpc) is 3.54. The molecule has 4 aromatic heterocycles. The standard InChI is InChI=1S/C34H43F3N12O6S/c1-44-26(20-41-33(44)49(50)51)21-48(56(2,52)53)24-15-28-29(38-17-24)16-30(47-11-13-54-14-12-47)43-31(28)55-27-5-3-23(4-6-27)42-32-39-18-25(19-40-32)46-9-7-45(8-10-46)22-34(35,36)37/h15-20,23,27H,3-14,21-22H2,1-2H3,(H,39,40,42). The molecule has 3 aliphatic rings. The number of piperazine rings is 1. The number of hydrogen-bond donors (Lipinski definition) is 1. The monoisotopic (exact) mass is 804 g/mol. The van der Waals surface area contributed by atoms with E-state index < -0.39 is 33.6 Å². The van der Waals surface area contributed by atoms with Crippen LogP contribution in [0.1, 0.15) is 31.4 Å². The van der Waals surface area contributed by atoms with Gasteiger partial charge in [-0.15, -0.1) is 0 Å². The maximum Gasteiger partial charge on any atom is 0.434 e. The number of nitro groups is 1. The van der Waals surface area contributed by atoms with Crippen molar-refractivity contribution in [2.45, 2.75) is 50.6 Å². The zero-order chi connectivity index (χ0) is 39.6. The molecule has 22 heteroatoms. The highest BCUT2D eigenvalue weighted by Crippen LogP contribution is 2.35. The van der Waals surface area contributed by atoms with Gasteiger partial charge < -0.3 is 34.7 Å². The largest absolute Gasteiger partial charge is 0.474 e. The van der Waals surface area contributed by atoms with E-state index in [1.54, 1.807) is 18.5 Å². The van der Waals surface area contributed by atoms with Crippen LogP contribution in [0.4, 0.5) is 42.3 Å². The van der Waals surface area contributed by atoms with Gasteiger partial charge in [0, 0.05) is 51.4 Å². The summed E-state index contributed by atoms with van der Waals surface area (Å²) < 4.78 is 79.0. The third-order valence-corrected chi connectivity index (χ3v) is 11.4. The smallest absolute Gasteiger partial charge is 0.434 e. The SMILES string of the molecule is Cn1c(CN(c2cnc3cc(N4CCOCC4)nc(OC4CCC(Nc5ncc(N6CCN(CC(F)(F)F)CC6)cn5)CC4)c3c2)S(C)(=O)=O)cnc1[N+](=O)[O-]. The lowest BCUT2D eigenvalue weighted by Gasteiger charge is -2.36. The van der Waals surface area contributed by atoms with Crippen LogP contribution in [0.2, 0.25) is 0 Å². The summed E-state index contributed by atoms with van der Waals surface area (Å²) in [6, 6.07) is 3.58. The molecule has 0 aromatic carbocycles. The van der Waals surface area contributed by atoms with Gasteiger partial charge in [-0.2, -0.15) is 18.2 Å². The first-order chi connectivity index (χ1) is 26.7. The highest BCUT2D eigenvalue weighted by molar-refractivity contribution is 7.92. The van der Waals surface area contributed by atoms with E-state index >= 15 is 0 Å². The zero-order valence-corrected chi connectivity index (χ0v) is 31.7. The molecular formula is C34H43F3N12O6S. The predicted molar refractivity (Wildman–Crippen MR) is 200 cm³/mol. The van der Waals surface area contributed by atoms with Crippen molar-refractivity contribution in [3.05, 3.63) is 52.7 Å². The van der Waals surface area contributed by atoms with Crippen molar-refractivity contribution in [1.29, 1.82) is 0 Å². The van der Waals surface area contributed by atoms with Crippen molar-refractivity contribution < 1.29 is 36.0 Å². The highest BCUT2D eigenvalue weighted by atomic mass is 32.2. The molecule has 56 heavy (non-hydrogen) atoms. The first-order valence-corrected chi connectivity index (χ1v) is 20.1. The normalized spacial score (nSPS) is 19.9. The maximum atomic E-state index is 13.1. The molecule has 0 radical (unpaired) electrons. The number of nitrogens with zero attached hydrogens (tertiary/aromatic N) is 11. The van der Waals surface area contributed by atoms with Crippen LogP contribution < -0.4 is 24.2 Å². The van der Waals surface area contributed by atoms with Gasteiger partial charge in [-0.25, -0.2) is 23.0 Å². The molecule has 2 aliphatic heterocycles. The molecule has 0 unspecified atom stereocenters. The van der Waals surface area contributed by atoms with Crippen LogP contribution in [-0.2, 0) is 28.4 Å². The summed E-state index contributed by atoms with van der Waals surface area (Å²) in [5, 5.41) is 15.3. The molecular weight excluding hydrogens is 762 g/mol. The molecule has 0 spiro atoms. The van der Waals surface area contributed by atoms with E-state index in [-0.39, 0.29) is 24.4 Å². The molecule has 0 bridgehead atoms. The number of imidazole rings is 1. The lowest BCUT2D eigenvalue weighted by atomic mass is 9.93. The second-order valence-electron chi connectivity index (χ2n) is 14.2. The fourth-order valence-corrected chi connectivity index (χ4v) is 8.04. The summed E-state index contributed by atoms with van der Waals surface area (Å²) in [6.07, 6.45) is 5.61. The number of rotatable bonds is 12. The lowest BCUT2D eigenvalue weighted by Crippen LogP contribution is -2.49.